The van der Waals surface area contributed by atoms with Gasteiger partial charge in [0.05, 0.1) is 12.3 Å². The minimum absolute atomic E-state index is 0.244. The number of aliphatic carboxylic acids is 1. The number of ether oxygens (including phenoxy) is 1. The van der Waals surface area contributed by atoms with Crippen LogP contribution in [0, 0.1) is 5.92 Å². The third-order valence-corrected chi connectivity index (χ3v) is 6.51. The smallest absolute Gasteiger partial charge is 0.328 e. The number of carbonyl (C=O) groups excluding carboxylic acids is 1. The van der Waals surface area contributed by atoms with Crippen LogP contribution < -0.4 is 15.8 Å². The first kappa shape index (κ1) is 23.6. The number of aliphatic hydroxyl groups is 1. The summed E-state index contributed by atoms with van der Waals surface area (Å²) in [6.45, 7) is 3.24. The van der Waals surface area contributed by atoms with Gasteiger partial charge in [-0.3, -0.25) is 4.79 Å². The largest absolute Gasteiger partial charge is 0.480 e. The molecular formula is C24H29N5O5. The van der Waals surface area contributed by atoms with Crippen LogP contribution in [0.5, 0.6) is 5.88 Å². The van der Waals surface area contributed by atoms with Gasteiger partial charge in [0.2, 0.25) is 11.8 Å². The van der Waals surface area contributed by atoms with Gasteiger partial charge >= 0.3 is 5.97 Å². The number of fused-ring (bicyclic) bond motifs is 1. The van der Waals surface area contributed by atoms with Gasteiger partial charge in [0.15, 0.2) is 11.5 Å². The van der Waals surface area contributed by atoms with Crippen molar-refractivity contribution in [3.8, 4) is 5.88 Å². The summed E-state index contributed by atoms with van der Waals surface area (Å²) in [6.07, 6.45) is 4.34. The van der Waals surface area contributed by atoms with Crippen molar-refractivity contribution in [3.05, 3.63) is 41.7 Å². The van der Waals surface area contributed by atoms with Gasteiger partial charge in [-0.25, -0.2) is 14.8 Å². The zero-order chi connectivity index (χ0) is 24.5. The Bertz CT molecular complexity index is 1110. The van der Waals surface area contributed by atoms with E-state index in [2.05, 4.69) is 27.4 Å². The predicted octanol–water partition coefficient (Wildman–Crippen LogP) is 2.19. The van der Waals surface area contributed by atoms with E-state index in [9.17, 15) is 9.59 Å². The van der Waals surface area contributed by atoms with Crippen LogP contribution in [0.2, 0.25) is 0 Å². The van der Waals surface area contributed by atoms with Crippen molar-refractivity contribution < 1.29 is 24.5 Å². The minimum Gasteiger partial charge on any atom is -0.480 e. The first-order valence-corrected chi connectivity index (χ1v) is 11.3. The summed E-state index contributed by atoms with van der Waals surface area (Å²) in [6, 6.07) is 6.92. The quantitative estimate of drug-likeness (QED) is 0.503. The lowest BCUT2D eigenvalue weighted by Crippen LogP contribution is -2.46. The van der Waals surface area contributed by atoms with Gasteiger partial charge in [0.25, 0.3) is 0 Å². The van der Waals surface area contributed by atoms with E-state index < -0.39 is 24.2 Å². The molecular weight excluding hydrogens is 438 g/mol. The lowest BCUT2D eigenvalue weighted by atomic mass is 9.78. The number of carboxylic acid groups (broad SMARTS) is 1. The fourth-order valence-corrected chi connectivity index (χ4v) is 4.58. The first-order valence-electron chi connectivity index (χ1n) is 11.3. The van der Waals surface area contributed by atoms with Gasteiger partial charge in [-0.15, -0.1) is 0 Å². The Hall–Kier alpha value is -3.53. The van der Waals surface area contributed by atoms with Crippen LogP contribution in [-0.2, 0) is 9.59 Å². The number of nitrogens with one attached hydrogen (secondary N) is 1. The molecule has 4 rings (SSSR count). The van der Waals surface area contributed by atoms with Crippen molar-refractivity contribution in [1.82, 2.24) is 15.3 Å². The number of nitrogens with zero attached hydrogens (tertiary/aromatic N) is 3. The van der Waals surface area contributed by atoms with E-state index in [0.717, 1.165) is 24.1 Å². The first-order chi connectivity index (χ1) is 16.2. The van der Waals surface area contributed by atoms with Crippen LogP contribution in [0.15, 0.2) is 35.6 Å². The molecule has 2 heterocycles. The van der Waals surface area contributed by atoms with Crippen LogP contribution in [0.25, 0.3) is 0 Å². The Morgan fingerprint density at radius 3 is 2.47 bits per heavy atom. The highest BCUT2D eigenvalue weighted by atomic mass is 16.5. The number of hydrogen-bond donors (Lipinski definition) is 4. The zero-order valence-electron chi connectivity index (χ0n) is 19.2. The van der Waals surface area contributed by atoms with Crippen LogP contribution in [0.4, 0.5) is 11.5 Å². The van der Waals surface area contributed by atoms with Gasteiger partial charge < -0.3 is 26.0 Å². The number of carbonyl (C=O) groups is 2. The number of hydrogen-bond acceptors (Lipinski definition) is 8. The third kappa shape index (κ3) is 4.72. The molecule has 34 heavy (non-hydrogen) atoms. The number of aliphatic imine (C=N–C) groups is 1. The number of amides is 1. The fraction of sp³-hybridized carbons (Fsp3) is 0.458. The Morgan fingerprint density at radius 2 is 1.85 bits per heavy atom. The summed E-state index contributed by atoms with van der Waals surface area (Å²) in [5, 5.41) is 20.6. The number of rotatable bonds is 6. The highest BCUT2D eigenvalue weighted by molar-refractivity contribution is 6.09. The number of aromatic nitrogens is 2. The summed E-state index contributed by atoms with van der Waals surface area (Å²) in [7, 11) is 0. The molecule has 0 bridgehead atoms. The van der Waals surface area contributed by atoms with Crippen molar-refractivity contribution in [1.29, 1.82) is 0 Å². The number of aliphatic hydroxyl groups excluding tert-OH is 1. The molecule has 10 nitrogen and oxygen atoms in total. The van der Waals surface area contributed by atoms with Crippen LogP contribution in [0.3, 0.4) is 0 Å². The molecule has 2 aliphatic rings. The van der Waals surface area contributed by atoms with E-state index >= 15 is 0 Å². The molecule has 0 radical (unpaired) electrons. The van der Waals surface area contributed by atoms with Crippen LogP contribution in [0.1, 0.15) is 56.6 Å². The molecule has 5 N–H and O–H groups in total. The van der Waals surface area contributed by atoms with Gasteiger partial charge in [-0.2, -0.15) is 4.98 Å². The SMILES string of the molecule is CC1(C)Oc2ncnc(N)c2N=C1c1ccc([C@H]2CC[C@H](C(=O)NC(CO)C(=O)O)CC2)cc1. The summed E-state index contributed by atoms with van der Waals surface area (Å²) in [5.74, 6) is -0.841. The molecule has 1 amide bonds. The third-order valence-electron chi connectivity index (χ3n) is 6.51. The van der Waals surface area contributed by atoms with Crippen LogP contribution >= 0.6 is 0 Å². The van der Waals surface area contributed by atoms with E-state index in [0.29, 0.717) is 30.3 Å². The lowest BCUT2D eigenvalue weighted by molar-refractivity contribution is -0.143. The molecule has 1 atom stereocenters. The van der Waals surface area contributed by atoms with E-state index in [-0.39, 0.29) is 17.6 Å². The highest BCUT2D eigenvalue weighted by Crippen LogP contribution is 2.40. The Balaban J connectivity index is 1.43. The van der Waals surface area contributed by atoms with Crippen molar-refractivity contribution in [2.75, 3.05) is 12.3 Å². The summed E-state index contributed by atoms with van der Waals surface area (Å²) in [4.78, 5) is 36.3. The molecule has 1 unspecified atom stereocenters. The van der Waals surface area contributed by atoms with Gasteiger partial charge in [0.1, 0.15) is 18.0 Å². The molecule has 1 aliphatic heterocycles. The van der Waals surface area contributed by atoms with Crippen LogP contribution in [-0.4, -0.2) is 56.0 Å². The van der Waals surface area contributed by atoms with Crippen molar-refractivity contribution in [2.45, 2.75) is 57.1 Å². The maximum atomic E-state index is 12.4. The molecule has 1 saturated carbocycles. The number of nitrogen functional groups attached to an aromatic ring is 1. The van der Waals surface area contributed by atoms with E-state index in [1.165, 1.54) is 11.9 Å². The second-order valence-electron chi connectivity index (χ2n) is 9.24. The Labute approximate surface area is 197 Å². The lowest BCUT2D eigenvalue weighted by Gasteiger charge is -2.32. The minimum atomic E-state index is -1.26. The molecule has 1 aromatic heterocycles. The predicted molar refractivity (Wildman–Crippen MR) is 125 cm³/mol. The monoisotopic (exact) mass is 467 g/mol. The Kier molecular flexibility index (Phi) is 6.52. The van der Waals surface area contributed by atoms with Crippen molar-refractivity contribution in [2.24, 2.45) is 10.9 Å². The van der Waals surface area contributed by atoms with Gasteiger partial charge in [-0.05, 0) is 51.0 Å². The second kappa shape index (κ2) is 9.38. The standard InChI is InChI=1S/C24H29N5O5/c1-24(2)19(29-18-20(25)26-12-27-22(18)34-24)15-7-3-13(4-8-15)14-5-9-16(10-6-14)21(31)28-17(11-30)23(32)33/h3-4,7-8,12,14,16-17,30H,5-6,9-11H2,1-2H3,(H,28,31)(H,32,33)(H2,25,26,27)/t14-,16-,17?. The summed E-state index contributed by atoms with van der Waals surface area (Å²) >= 11 is 0. The maximum absolute atomic E-state index is 12.4. The summed E-state index contributed by atoms with van der Waals surface area (Å²) in [5.41, 5.74) is 8.55. The number of nitrogens with two attached hydrogens (primary N) is 1. The molecule has 1 aromatic carbocycles. The zero-order valence-corrected chi connectivity index (χ0v) is 19.2. The molecule has 10 heteroatoms. The molecule has 1 aliphatic carbocycles. The maximum Gasteiger partial charge on any atom is 0.328 e. The van der Waals surface area contributed by atoms with Gasteiger partial charge in [-0.1, -0.05) is 24.3 Å². The fourth-order valence-electron chi connectivity index (χ4n) is 4.58. The van der Waals surface area contributed by atoms with E-state index in [1.54, 1.807) is 0 Å². The van der Waals surface area contributed by atoms with Crippen molar-refractivity contribution in [3.63, 3.8) is 0 Å². The second-order valence-corrected chi connectivity index (χ2v) is 9.24. The molecule has 2 aromatic rings. The number of benzene rings is 1. The topological polar surface area (TPSA) is 160 Å². The van der Waals surface area contributed by atoms with Crippen molar-refractivity contribution >= 4 is 29.1 Å². The molecule has 0 spiro atoms. The normalized spacial score (nSPS) is 22.0. The molecule has 180 valence electrons. The van der Waals surface area contributed by atoms with E-state index in [1.807, 2.05) is 26.0 Å². The number of carboxylic acids is 1. The summed E-state index contributed by atoms with van der Waals surface area (Å²) < 4.78 is 6.05. The Morgan fingerprint density at radius 1 is 1.18 bits per heavy atom. The average molecular weight is 468 g/mol. The van der Waals surface area contributed by atoms with Gasteiger partial charge in [0, 0.05) is 11.5 Å². The number of anilines is 1. The molecule has 1 fully saturated rings. The average Bonchev–Trinajstić information content (AvgIpc) is 2.81. The van der Waals surface area contributed by atoms with E-state index in [4.69, 9.17) is 25.7 Å². The highest BCUT2D eigenvalue weighted by Gasteiger charge is 2.35. The molecule has 0 saturated heterocycles.